The molecule has 0 amide bonds. The lowest BCUT2D eigenvalue weighted by atomic mass is 9.86. The fourth-order valence-corrected chi connectivity index (χ4v) is 2.58. The van der Waals surface area contributed by atoms with Gasteiger partial charge in [0.2, 0.25) is 0 Å². The van der Waals surface area contributed by atoms with E-state index in [1.54, 1.807) is 6.08 Å². The highest BCUT2D eigenvalue weighted by Gasteiger charge is 2.30. The second kappa shape index (κ2) is 5.83. The number of rotatable bonds is 5. The van der Waals surface area contributed by atoms with Crippen molar-refractivity contribution in [1.29, 1.82) is 0 Å². The molecule has 0 bridgehead atoms. The average Bonchev–Trinajstić information content (AvgIpc) is 2.89. The molecule has 2 atom stereocenters. The van der Waals surface area contributed by atoms with E-state index in [0.717, 1.165) is 30.6 Å². The molecule has 0 radical (unpaired) electrons. The molecule has 1 saturated heterocycles. The molecule has 0 aliphatic carbocycles. The topological polar surface area (TPSA) is 49.3 Å². The highest BCUT2D eigenvalue weighted by molar-refractivity contribution is 5.71. The smallest absolute Gasteiger partial charge is 0.307 e. The Balaban J connectivity index is 2.12. The van der Waals surface area contributed by atoms with Gasteiger partial charge in [-0.3, -0.25) is 4.79 Å². The molecule has 1 aromatic rings. The third-order valence-electron chi connectivity index (χ3n) is 3.63. The van der Waals surface area contributed by atoms with Crippen molar-refractivity contribution < 1.29 is 9.90 Å². The summed E-state index contributed by atoms with van der Waals surface area (Å²) in [6.45, 7) is 5.49. The van der Waals surface area contributed by atoms with Gasteiger partial charge >= 0.3 is 5.97 Å². The normalized spacial score (nSPS) is 20.6. The van der Waals surface area contributed by atoms with Gasteiger partial charge in [0.25, 0.3) is 0 Å². The molecule has 1 fully saturated rings. The van der Waals surface area contributed by atoms with Crippen LogP contribution in [0.4, 0.5) is 0 Å². The highest BCUT2D eigenvalue weighted by Crippen LogP contribution is 2.24. The standard InChI is InChI=1S/C15H19NO2/c1-2-11-4-3-5-12(8-11)9-14(15(17)18)13-6-7-16-10-13/h2-5,8,13-14,16H,1,6-7,9-10H2,(H,17,18)/t13-,14-/m0/s1. The van der Waals surface area contributed by atoms with Crippen molar-refractivity contribution in [2.45, 2.75) is 12.8 Å². The van der Waals surface area contributed by atoms with E-state index in [9.17, 15) is 9.90 Å². The number of benzene rings is 1. The van der Waals surface area contributed by atoms with Crippen LogP contribution < -0.4 is 5.32 Å². The quantitative estimate of drug-likeness (QED) is 0.836. The van der Waals surface area contributed by atoms with Crippen LogP contribution in [0.2, 0.25) is 0 Å². The zero-order valence-corrected chi connectivity index (χ0v) is 10.4. The molecular weight excluding hydrogens is 226 g/mol. The van der Waals surface area contributed by atoms with Crippen LogP contribution >= 0.6 is 0 Å². The van der Waals surface area contributed by atoms with E-state index in [1.807, 2.05) is 24.3 Å². The average molecular weight is 245 g/mol. The van der Waals surface area contributed by atoms with Crippen LogP contribution in [0.1, 0.15) is 17.5 Å². The number of carbonyl (C=O) groups is 1. The van der Waals surface area contributed by atoms with Gasteiger partial charge < -0.3 is 10.4 Å². The van der Waals surface area contributed by atoms with Crippen LogP contribution in [0.25, 0.3) is 6.08 Å². The first-order valence-electron chi connectivity index (χ1n) is 6.35. The molecule has 2 rings (SSSR count). The van der Waals surface area contributed by atoms with Gasteiger partial charge in [-0.25, -0.2) is 0 Å². The lowest BCUT2D eigenvalue weighted by molar-refractivity contribution is -0.143. The van der Waals surface area contributed by atoms with Crippen molar-refractivity contribution in [2.24, 2.45) is 11.8 Å². The zero-order chi connectivity index (χ0) is 13.0. The number of hydrogen-bond acceptors (Lipinski definition) is 2. The second-order valence-electron chi connectivity index (χ2n) is 4.85. The third kappa shape index (κ3) is 2.99. The van der Waals surface area contributed by atoms with Gasteiger partial charge in [-0.2, -0.15) is 0 Å². The molecule has 0 aromatic heterocycles. The van der Waals surface area contributed by atoms with Gasteiger partial charge in [-0.15, -0.1) is 0 Å². The molecule has 96 valence electrons. The van der Waals surface area contributed by atoms with Crippen LogP contribution in [0.5, 0.6) is 0 Å². The molecule has 0 saturated carbocycles. The minimum atomic E-state index is -0.687. The minimum absolute atomic E-state index is 0.245. The van der Waals surface area contributed by atoms with E-state index in [1.165, 1.54) is 0 Å². The van der Waals surface area contributed by atoms with Crippen LogP contribution in [0.3, 0.4) is 0 Å². The fourth-order valence-electron chi connectivity index (χ4n) is 2.58. The minimum Gasteiger partial charge on any atom is -0.481 e. The van der Waals surface area contributed by atoms with Gasteiger partial charge in [0.15, 0.2) is 0 Å². The number of hydrogen-bond donors (Lipinski definition) is 2. The predicted octanol–water partition coefficient (Wildman–Crippen LogP) is 2.18. The Morgan fingerprint density at radius 3 is 3.06 bits per heavy atom. The van der Waals surface area contributed by atoms with Gasteiger partial charge in [0, 0.05) is 0 Å². The van der Waals surface area contributed by atoms with Crippen LogP contribution in [0.15, 0.2) is 30.8 Å². The summed E-state index contributed by atoms with van der Waals surface area (Å²) < 4.78 is 0. The summed E-state index contributed by atoms with van der Waals surface area (Å²) in [5, 5.41) is 12.6. The molecule has 1 aliphatic rings. The largest absolute Gasteiger partial charge is 0.481 e. The molecule has 3 nitrogen and oxygen atoms in total. The monoisotopic (exact) mass is 245 g/mol. The maximum atomic E-state index is 11.4. The Morgan fingerprint density at radius 1 is 1.61 bits per heavy atom. The first-order valence-corrected chi connectivity index (χ1v) is 6.35. The third-order valence-corrected chi connectivity index (χ3v) is 3.63. The summed E-state index contributed by atoms with van der Waals surface area (Å²) in [5.74, 6) is -0.734. The maximum Gasteiger partial charge on any atom is 0.307 e. The van der Waals surface area contributed by atoms with E-state index >= 15 is 0 Å². The summed E-state index contributed by atoms with van der Waals surface area (Å²) in [6.07, 6.45) is 3.35. The van der Waals surface area contributed by atoms with Crippen molar-refractivity contribution in [3.8, 4) is 0 Å². The van der Waals surface area contributed by atoms with E-state index < -0.39 is 5.97 Å². The van der Waals surface area contributed by atoms with E-state index in [-0.39, 0.29) is 11.8 Å². The predicted molar refractivity (Wildman–Crippen MR) is 72.3 cm³/mol. The summed E-state index contributed by atoms with van der Waals surface area (Å²) >= 11 is 0. The summed E-state index contributed by atoms with van der Waals surface area (Å²) in [4.78, 5) is 11.4. The van der Waals surface area contributed by atoms with E-state index in [0.29, 0.717) is 6.42 Å². The van der Waals surface area contributed by atoms with Crippen molar-refractivity contribution >= 4 is 12.0 Å². The van der Waals surface area contributed by atoms with Gasteiger partial charge in [0.05, 0.1) is 5.92 Å². The second-order valence-corrected chi connectivity index (χ2v) is 4.85. The lowest BCUT2D eigenvalue weighted by Gasteiger charge is -2.18. The molecule has 3 heteroatoms. The summed E-state index contributed by atoms with van der Waals surface area (Å²) in [5.41, 5.74) is 2.12. The van der Waals surface area contributed by atoms with Crippen molar-refractivity contribution in [3.05, 3.63) is 42.0 Å². The Morgan fingerprint density at radius 2 is 2.44 bits per heavy atom. The first-order chi connectivity index (χ1) is 8.70. The molecule has 1 aromatic carbocycles. The number of aliphatic carboxylic acids is 1. The van der Waals surface area contributed by atoms with Crippen molar-refractivity contribution in [3.63, 3.8) is 0 Å². The maximum absolute atomic E-state index is 11.4. The van der Waals surface area contributed by atoms with Gasteiger partial charge in [-0.05, 0) is 43.0 Å². The Kier molecular flexibility index (Phi) is 4.15. The number of nitrogens with one attached hydrogen (secondary N) is 1. The van der Waals surface area contributed by atoms with Gasteiger partial charge in [0.1, 0.15) is 0 Å². The van der Waals surface area contributed by atoms with E-state index in [2.05, 4.69) is 11.9 Å². The zero-order valence-electron chi connectivity index (χ0n) is 10.4. The van der Waals surface area contributed by atoms with Gasteiger partial charge in [-0.1, -0.05) is 36.9 Å². The van der Waals surface area contributed by atoms with Crippen LogP contribution in [-0.4, -0.2) is 24.2 Å². The SMILES string of the molecule is C=Cc1cccc(C[C@H](C(=O)O)[C@H]2CCNC2)c1. The molecular formula is C15H19NO2. The van der Waals surface area contributed by atoms with Crippen molar-refractivity contribution in [2.75, 3.05) is 13.1 Å². The lowest BCUT2D eigenvalue weighted by Crippen LogP contribution is -2.27. The fraction of sp³-hybridized carbons (Fsp3) is 0.400. The Bertz CT molecular complexity index is 436. The van der Waals surface area contributed by atoms with Crippen molar-refractivity contribution in [1.82, 2.24) is 5.32 Å². The summed E-state index contributed by atoms with van der Waals surface area (Å²) in [7, 11) is 0. The van der Waals surface area contributed by atoms with Crippen LogP contribution in [0, 0.1) is 11.8 Å². The van der Waals surface area contributed by atoms with Crippen LogP contribution in [-0.2, 0) is 11.2 Å². The molecule has 2 N–H and O–H groups in total. The number of carboxylic acids is 1. The Hall–Kier alpha value is -1.61. The summed E-state index contributed by atoms with van der Waals surface area (Å²) in [6, 6.07) is 7.94. The number of carboxylic acid groups (broad SMARTS) is 1. The van der Waals surface area contributed by atoms with E-state index in [4.69, 9.17) is 0 Å². The molecule has 18 heavy (non-hydrogen) atoms. The Labute approximate surface area is 108 Å². The molecule has 1 aliphatic heterocycles. The molecule has 0 spiro atoms. The molecule has 1 heterocycles. The molecule has 0 unspecified atom stereocenters. The first kappa shape index (κ1) is 12.8. The highest BCUT2D eigenvalue weighted by atomic mass is 16.4.